The number of piperazine rings is 2. The van der Waals surface area contributed by atoms with Crippen molar-refractivity contribution in [2.24, 2.45) is 0 Å². The molecule has 0 saturated carbocycles. The number of aromatic nitrogens is 6. The van der Waals surface area contributed by atoms with Crippen LogP contribution in [0.5, 0.6) is 28.7 Å². The van der Waals surface area contributed by atoms with Gasteiger partial charge in [-0.2, -0.15) is 0 Å². The Balaban J connectivity index is 0.695. The Bertz CT molecular complexity index is 2150. The van der Waals surface area contributed by atoms with Crippen LogP contribution in [0.4, 0.5) is 5.69 Å². The molecule has 0 spiro atoms. The molecule has 352 valence electrons. The van der Waals surface area contributed by atoms with Crippen molar-refractivity contribution in [2.75, 3.05) is 98.8 Å². The minimum absolute atomic E-state index is 0.589. The number of hydrogen-bond donors (Lipinski definition) is 0. The molecular formula is C50H72N10O5. The molecule has 2 fully saturated rings. The molecule has 2 aliphatic heterocycles. The molecule has 0 amide bonds. The maximum Gasteiger partial charge on any atom is 0.161 e. The van der Waals surface area contributed by atoms with E-state index in [4.69, 9.17) is 23.7 Å². The molecule has 5 aromatic rings. The zero-order valence-corrected chi connectivity index (χ0v) is 39.4. The maximum absolute atomic E-state index is 6.16. The normalized spacial score (nSPS) is 15.0. The fourth-order valence-corrected chi connectivity index (χ4v) is 8.67. The highest BCUT2D eigenvalue weighted by Gasteiger charge is 2.21. The van der Waals surface area contributed by atoms with Crippen molar-refractivity contribution in [3.05, 3.63) is 95.6 Å². The molecule has 15 nitrogen and oxygen atoms in total. The van der Waals surface area contributed by atoms with E-state index in [0.29, 0.717) is 13.2 Å². The number of nitrogens with zero attached hydrogens (tertiary/aromatic N) is 10. The smallest absolute Gasteiger partial charge is 0.161 e. The quantitative estimate of drug-likeness (QED) is 0.0503. The first kappa shape index (κ1) is 47.6. The second-order valence-electron chi connectivity index (χ2n) is 17.5. The number of para-hydroxylation sites is 2. The molecule has 2 aromatic heterocycles. The van der Waals surface area contributed by atoms with Gasteiger partial charge in [-0.05, 0) is 93.1 Å². The number of hydrogen-bond acceptors (Lipinski definition) is 13. The molecule has 0 atom stereocenters. The van der Waals surface area contributed by atoms with Gasteiger partial charge in [0.2, 0.25) is 0 Å². The van der Waals surface area contributed by atoms with Crippen LogP contribution in [0, 0.1) is 0 Å². The summed E-state index contributed by atoms with van der Waals surface area (Å²) in [5.74, 6) is 4.07. The molecule has 0 unspecified atom stereocenters. The number of aryl methyl sites for hydroxylation is 4. The first-order valence-electron chi connectivity index (χ1n) is 23.8. The van der Waals surface area contributed by atoms with Crippen LogP contribution < -0.4 is 28.6 Å². The van der Waals surface area contributed by atoms with Gasteiger partial charge in [0.05, 0.1) is 51.6 Å². The number of likely N-dealkylation sites (N-methyl/N-ethyl adjacent to an activating group) is 1. The third kappa shape index (κ3) is 14.8. The number of methoxy groups -OCH3 is 3. The Kier molecular flexibility index (Phi) is 18.6. The van der Waals surface area contributed by atoms with Crippen LogP contribution in [0.15, 0.2) is 73.1 Å². The van der Waals surface area contributed by atoms with Crippen LogP contribution in [-0.4, -0.2) is 139 Å². The van der Waals surface area contributed by atoms with Gasteiger partial charge in [-0.3, -0.25) is 19.2 Å². The Morgan fingerprint density at radius 3 is 1.48 bits per heavy atom. The van der Waals surface area contributed by atoms with Gasteiger partial charge in [0.15, 0.2) is 23.0 Å². The Hall–Kier alpha value is -5.38. The number of rotatable bonds is 27. The standard InChI is InChI=1S/C50H72N10O5/c1-55-25-27-56(28-26-55)37-41-19-21-47(49(35-41)62-3)64-33-13-15-43-39-59(53-51-43)23-11-7-5-6-8-12-24-60-40-44(52-54-60)16-14-34-65-48-22-20-42(36-50(48)63-4)38-57-29-31-58(32-30-57)45-17-9-10-18-46(45)61-2/h9-10,17-22,35-36,39-40H,5-8,11-16,23-34,37-38H2,1-4H3. The third-order valence-corrected chi connectivity index (χ3v) is 12.5. The lowest BCUT2D eigenvalue weighted by Crippen LogP contribution is -2.46. The predicted molar refractivity (Wildman–Crippen MR) is 255 cm³/mol. The molecule has 0 bridgehead atoms. The van der Waals surface area contributed by atoms with E-state index in [-0.39, 0.29) is 0 Å². The summed E-state index contributed by atoms with van der Waals surface area (Å²) in [6.45, 7) is 13.1. The summed E-state index contributed by atoms with van der Waals surface area (Å²) >= 11 is 0. The van der Waals surface area contributed by atoms with Gasteiger partial charge < -0.3 is 33.5 Å². The van der Waals surface area contributed by atoms with Gasteiger partial charge in [0.25, 0.3) is 0 Å². The van der Waals surface area contributed by atoms with Crippen molar-refractivity contribution in [1.82, 2.24) is 44.7 Å². The fraction of sp³-hybridized carbons (Fsp3) is 0.560. The SMILES string of the molecule is COc1cc(CN2CCN(C)CC2)ccc1OCCCc1cn(CCCCCCCCn2cc(CCCOc3ccc(CN4CCN(c5ccccc5OC)CC4)cc3OC)nn2)nn1. The van der Waals surface area contributed by atoms with Crippen molar-refractivity contribution >= 4 is 5.69 Å². The summed E-state index contributed by atoms with van der Waals surface area (Å²) in [5.41, 5.74) is 5.66. The zero-order valence-electron chi connectivity index (χ0n) is 39.4. The molecule has 0 N–H and O–H groups in total. The van der Waals surface area contributed by atoms with Crippen molar-refractivity contribution in [2.45, 2.75) is 90.4 Å². The summed E-state index contributed by atoms with van der Waals surface area (Å²) in [7, 11) is 7.34. The van der Waals surface area contributed by atoms with Crippen LogP contribution in [0.1, 0.15) is 73.9 Å². The molecule has 15 heteroatoms. The average molecular weight is 893 g/mol. The highest BCUT2D eigenvalue weighted by molar-refractivity contribution is 5.58. The zero-order chi connectivity index (χ0) is 45.1. The van der Waals surface area contributed by atoms with E-state index < -0.39 is 0 Å². The van der Waals surface area contributed by atoms with Crippen molar-refractivity contribution in [3.63, 3.8) is 0 Å². The summed E-state index contributed by atoms with van der Waals surface area (Å²) in [4.78, 5) is 9.77. The second kappa shape index (κ2) is 25.4. The summed E-state index contributed by atoms with van der Waals surface area (Å²) in [5, 5.41) is 17.6. The van der Waals surface area contributed by atoms with Gasteiger partial charge in [0.1, 0.15) is 5.75 Å². The topological polar surface area (TPSA) is 121 Å². The molecule has 0 aliphatic carbocycles. The lowest BCUT2D eigenvalue weighted by atomic mass is 10.1. The Morgan fingerprint density at radius 1 is 0.492 bits per heavy atom. The molecule has 7 rings (SSSR count). The maximum atomic E-state index is 6.16. The van der Waals surface area contributed by atoms with E-state index in [0.717, 1.165) is 163 Å². The third-order valence-electron chi connectivity index (χ3n) is 12.5. The van der Waals surface area contributed by atoms with Crippen molar-refractivity contribution < 1.29 is 23.7 Å². The number of benzene rings is 3. The molecule has 2 saturated heterocycles. The van der Waals surface area contributed by atoms with E-state index in [1.807, 2.05) is 33.6 Å². The molecular weight excluding hydrogens is 821 g/mol. The first-order valence-corrected chi connectivity index (χ1v) is 23.8. The van der Waals surface area contributed by atoms with E-state index in [1.54, 1.807) is 21.3 Å². The molecule has 4 heterocycles. The summed E-state index contributed by atoms with van der Waals surface area (Å²) in [6, 6.07) is 20.9. The van der Waals surface area contributed by atoms with Gasteiger partial charge in [-0.15, -0.1) is 10.2 Å². The van der Waals surface area contributed by atoms with E-state index >= 15 is 0 Å². The second-order valence-corrected chi connectivity index (χ2v) is 17.5. The summed E-state index contributed by atoms with van der Waals surface area (Å²) in [6.07, 6.45) is 14.6. The van der Waals surface area contributed by atoms with Gasteiger partial charge in [-0.1, -0.05) is 60.4 Å². The first-order chi connectivity index (χ1) is 32.0. The minimum atomic E-state index is 0.589. The molecule has 2 aliphatic rings. The fourth-order valence-electron chi connectivity index (χ4n) is 8.67. The van der Waals surface area contributed by atoms with Gasteiger partial charge >= 0.3 is 0 Å². The number of anilines is 1. The minimum Gasteiger partial charge on any atom is -0.495 e. The monoisotopic (exact) mass is 893 g/mol. The average Bonchev–Trinajstić information content (AvgIpc) is 4.00. The number of ether oxygens (including phenoxy) is 5. The van der Waals surface area contributed by atoms with Gasteiger partial charge in [-0.25, -0.2) is 0 Å². The predicted octanol–water partition coefficient (Wildman–Crippen LogP) is 7.03. The van der Waals surface area contributed by atoms with Crippen molar-refractivity contribution in [1.29, 1.82) is 0 Å². The lowest BCUT2D eigenvalue weighted by Gasteiger charge is -2.36. The molecule has 3 aromatic carbocycles. The van der Waals surface area contributed by atoms with Crippen LogP contribution in [0.25, 0.3) is 0 Å². The van der Waals surface area contributed by atoms with Crippen LogP contribution in [0.3, 0.4) is 0 Å². The van der Waals surface area contributed by atoms with E-state index in [9.17, 15) is 0 Å². The Labute approximate surface area is 386 Å². The largest absolute Gasteiger partial charge is 0.495 e. The Morgan fingerprint density at radius 2 is 0.969 bits per heavy atom. The van der Waals surface area contributed by atoms with Crippen LogP contribution in [-0.2, 0) is 39.0 Å². The molecule has 0 radical (unpaired) electrons. The van der Waals surface area contributed by atoms with Gasteiger partial charge in [0, 0.05) is 90.9 Å². The summed E-state index contributed by atoms with van der Waals surface area (Å²) < 4.78 is 33.2. The lowest BCUT2D eigenvalue weighted by molar-refractivity contribution is 0.148. The van der Waals surface area contributed by atoms with Crippen molar-refractivity contribution in [3.8, 4) is 28.7 Å². The van der Waals surface area contributed by atoms with Crippen LogP contribution >= 0.6 is 0 Å². The van der Waals surface area contributed by atoms with Crippen LogP contribution in [0.2, 0.25) is 0 Å². The highest BCUT2D eigenvalue weighted by Crippen LogP contribution is 2.32. The highest BCUT2D eigenvalue weighted by atomic mass is 16.5. The van der Waals surface area contributed by atoms with E-state index in [2.05, 4.69) is 96.1 Å². The molecule has 65 heavy (non-hydrogen) atoms. The van der Waals surface area contributed by atoms with E-state index in [1.165, 1.54) is 36.8 Å². The number of unbranched alkanes of at least 4 members (excludes halogenated alkanes) is 5.